The molecule has 2 rings (SSSR count). The van der Waals surface area contributed by atoms with E-state index in [0.717, 1.165) is 25.3 Å². The first-order chi connectivity index (χ1) is 9.04. The van der Waals surface area contributed by atoms with Crippen LogP contribution in [0.15, 0.2) is 0 Å². The van der Waals surface area contributed by atoms with Crippen molar-refractivity contribution in [2.75, 3.05) is 33.7 Å². The summed E-state index contributed by atoms with van der Waals surface area (Å²) >= 11 is 0. The highest BCUT2D eigenvalue weighted by Gasteiger charge is 2.36. The van der Waals surface area contributed by atoms with E-state index in [1.807, 2.05) is 0 Å². The smallest absolute Gasteiger partial charge is 0.127 e. The molecule has 2 aliphatic rings. The normalized spacial score (nSPS) is 34.6. The molecule has 1 saturated heterocycles. The van der Waals surface area contributed by atoms with Gasteiger partial charge in [-0.3, -0.25) is 0 Å². The van der Waals surface area contributed by atoms with E-state index in [9.17, 15) is 4.79 Å². The Morgan fingerprint density at radius 3 is 2.32 bits per heavy atom. The average molecular weight is 266 g/mol. The van der Waals surface area contributed by atoms with Crippen LogP contribution in [0.1, 0.15) is 45.4 Å². The number of hydrogen-bond donors (Lipinski definition) is 0. The Kier molecular flexibility index (Phi) is 5.02. The summed E-state index contributed by atoms with van der Waals surface area (Å²) in [6.07, 6.45) is 8.39. The first-order valence-electron chi connectivity index (χ1n) is 7.90. The molecule has 0 N–H and O–H groups in total. The van der Waals surface area contributed by atoms with Gasteiger partial charge in [-0.25, -0.2) is 0 Å². The Morgan fingerprint density at radius 1 is 1.21 bits per heavy atom. The molecule has 0 amide bonds. The van der Waals surface area contributed by atoms with Gasteiger partial charge in [-0.05, 0) is 71.6 Å². The van der Waals surface area contributed by atoms with E-state index < -0.39 is 0 Å². The molecule has 1 aliphatic heterocycles. The summed E-state index contributed by atoms with van der Waals surface area (Å²) in [5.41, 5.74) is -0.0510. The van der Waals surface area contributed by atoms with Gasteiger partial charge in [0.2, 0.25) is 0 Å². The lowest BCUT2D eigenvalue weighted by molar-refractivity contribution is -0.120. The van der Waals surface area contributed by atoms with Crippen LogP contribution in [0.5, 0.6) is 0 Å². The van der Waals surface area contributed by atoms with Crippen LogP contribution in [0.2, 0.25) is 0 Å². The summed E-state index contributed by atoms with van der Waals surface area (Å²) in [5, 5.41) is 0. The van der Waals surface area contributed by atoms with Crippen molar-refractivity contribution in [1.29, 1.82) is 0 Å². The predicted octanol–water partition coefficient (Wildman–Crippen LogP) is 2.41. The third kappa shape index (κ3) is 3.79. The molecule has 0 bridgehead atoms. The molecule has 19 heavy (non-hydrogen) atoms. The molecule has 0 spiro atoms. The molecule has 3 heteroatoms. The number of rotatable bonds is 4. The minimum absolute atomic E-state index is 0.0510. The van der Waals surface area contributed by atoms with Crippen molar-refractivity contribution in [3.63, 3.8) is 0 Å². The number of carbonyl (C=O) groups excluding carboxylic acids is 1. The van der Waals surface area contributed by atoms with Crippen molar-refractivity contribution in [3.05, 3.63) is 0 Å². The van der Waals surface area contributed by atoms with Crippen LogP contribution in [-0.4, -0.2) is 55.9 Å². The number of likely N-dealkylation sites (tertiary alicyclic amines) is 1. The van der Waals surface area contributed by atoms with Gasteiger partial charge in [0.15, 0.2) is 0 Å². The Morgan fingerprint density at radius 2 is 1.79 bits per heavy atom. The third-order valence-corrected chi connectivity index (χ3v) is 5.40. The molecular weight excluding hydrogens is 236 g/mol. The summed E-state index contributed by atoms with van der Waals surface area (Å²) in [6, 6.07) is 0.673. The molecule has 110 valence electrons. The number of nitrogens with zero attached hydrogens (tertiary/aromatic N) is 2. The second-order valence-corrected chi connectivity index (χ2v) is 7.11. The summed E-state index contributed by atoms with van der Waals surface area (Å²) in [4.78, 5) is 16.5. The highest BCUT2D eigenvalue weighted by Crippen LogP contribution is 2.38. The number of piperidine rings is 1. The molecule has 0 aromatic carbocycles. The van der Waals surface area contributed by atoms with E-state index in [0.29, 0.717) is 6.04 Å². The predicted molar refractivity (Wildman–Crippen MR) is 79.3 cm³/mol. The van der Waals surface area contributed by atoms with Crippen molar-refractivity contribution in [2.24, 2.45) is 11.3 Å². The van der Waals surface area contributed by atoms with E-state index in [1.165, 1.54) is 45.1 Å². The molecule has 1 aliphatic carbocycles. The molecule has 1 heterocycles. The summed E-state index contributed by atoms with van der Waals surface area (Å²) in [6.45, 7) is 5.67. The van der Waals surface area contributed by atoms with Gasteiger partial charge in [-0.1, -0.05) is 6.92 Å². The zero-order valence-electron chi connectivity index (χ0n) is 12.9. The fraction of sp³-hybridized carbons (Fsp3) is 0.938. The molecule has 0 unspecified atom stereocenters. The summed E-state index contributed by atoms with van der Waals surface area (Å²) in [5.74, 6) is 0.807. The molecule has 0 aromatic rings. The van der Waals surface area contributed by atoms with Crippen LogP contribution in [0.3, 0.4) is 0 Å². The van der Waals surface area contributed by atoms with E-state index in [2.05, 4.69) is 30.8 Å². The van der Waals surface area contributed by atoms with Crippen LogP contribution >= 0.6 is 0 Å². The topological polar surface area (TPSA) is 23.6 Å². The largest absolute Gasteiger partial charge is 0.306 e. The Balaban J connectivity index is 1.89. The third-order valence-electron chi connectivity index (χ3n) is 5.40. The summed E-state index contributed by atoms with van der Waals surface area (Å²) < 4.78 is 0. The molecule has 3 nitrogen and oxygen atoms in total. The molecule has 0 atom stereocenters. The molecule has 1 saturated carbocycles. The van der Waals surface area contributed by atoms with Crippen LogP contribution in [0.25, 0.3) is 0 Å². The van der Waals surface area contributed by atoms with Gasteiger partial charge in [-0.2, -0.15) is 0 Å². The number of carbonyl (C=O) groups is 1. The molecular formula is C16H30N2O. The Bertz CT molecular complexity index is 289. The zero-order valence-corrected chi connectivity index (χ0v) is 12.9. The maximum absolute atomic E-state index is 11.6. The molecule has 2 fully saturated rings. The maximum Gasteiger partial charge on any atom is 0.127 e. The first-order valence-corrected chi connectivity index (χ1v) is 7.90. The summed E-state index contributed by atoms with van der Waals surface area (Å²) in [7, 11) is 4.42. The highest BCUT2D eigenvalue weighted by molar-refractivity contribution is 5.60. The monoisotopic (exact) mass is 266 g/mol. The van der Waals surface area contributed by atoms with Gasteiger partial charge in [-0.15, -0.1) is 0 Å². The van der Waals surface area contributed by atoms with Crippen molar-refractivity contribution in [3.8, 4) is 0 Å². The number of aldehydes is 1. The first kappa shape index (κ1) is 15.0. The van der Waals surface area contributed by atoms with Crippen LogP contribution < -0.4 is 0 Å². The Labute approximate surface area is 118 Å². The van der Waals surface area contributed by atoms with E-state index in [4.69, 9.17) is 0 Å². The van der Waals surface area contributed by atoms with Crippen molar-refractivity contribution in [1.82, 2.24) is 9.80 Å². The highest BCUT2D eigenvalue weighted by atomic mass is 16.1. The SMILES string of the molecule is CC1CCC(C=O)(CN(C)C2CCN(C)CC2)CC1. The van der Waals surface area contributed by atoms with E-state index in [1.54, 1.807) is 0 Å². The van der Waals surface area contributed by atoms with Crippen LogP contribution in [0, 0.1) is 11.3 Å². The lowest BCUT2D eigenvalue weighted by atomic mass is 9.71. The molecule has 0 aromatic heterocycles. The van der Waals surface area contributed by atoms with Crippen LogP contribution in [-0.2, 0) is 4.79 Å². The van der Waals surface area contributed by atoms with Gasteiger partial charge in [0, 0.05) is 18.0 Å². The van der Waals surface area contributed by atoms with Crippen molar-refractivity contribution >= 4 is 6.29 Å². The molecule has 0 radical (unpaired) electrons. The van der Waals surface area contributed by atoms with Crippen LogP contribution in [0.4, 0.5) is 0 Å². The van der Waals surface area contributed by atoms with Gasteiger partial charge in [0.25, 0.3) is 0 Å². The minimum atomic E-state index is -0.0510. The number of hydrogen-bond acceptors (Lipinski definition) is 3. The zero-order chi connectivity index (χ0) is 13.9. The second-order valence-electron chi connectivity index (χ2n) is 7.11. The Hall–Kier alpha value is -0.410. The van der Waals surface area contributed by atoms with Gasteiger partial charge < -0.3 is 14.6 Å². The maximum atomic E-state index is 11.6. The van der Waals surface area contributed by atoms with Crippen molar-refractivity contribution in [2.45, 2.75) is 51.5 Å². The minimum Gasteiger partial charge on any atom is -0.306 e. The lowest BCUT2D eigenvalue weighted by Crippen LogP contribution is -2.47. The fourth-order valence-corrected chi connectivity index (χ4v) is 3.71. The standard InChI is InChI=1S/C16H30N2O/c1-14-4-8-16(13-19,9-5-14)12-18(3)15-6-10-17(2)11-7-15/h13-15H,4-12H2,1-3H3. The van der Waals surface area contributed by atoms with Crippen molar-refractivity contribution < 1.29 is 4.79 Å². The fourth-order valence-electron chi connectivity index (χ4n) is 3.71. The van der Waals surface area contributed by atoms with E-state index in [-0.39, 0.29) is 5.41 Å². The van der Waals surface area contributed by atoms with Gasteiger partial charge >= 0.3 is 0 Å². The van der Waals surface area contributed by atoms with Gasteiger partial charge in [0.1, 0.15) is 6.29 Å². The lowest BCUT2D eigenvalue weighted by Gasteiger charge is -2.42. The van der Waals surface area contributed by atoms with E-state index >= 15 is 0 Å². The quantitative estimate of drug-likeness (QED) is 0.730. The average Bonchev–Trinajstić information content (AvgIpc) is 2.42. The van der Waals surface area contributed by atoms with Gasteiger partial charge in [0.05, 0.1) is 0 Å². The second kappa shape index (κ2) is 6.36.